The van der Waals surface area contributed by atoms with Gasteiger partial charge in [-0.3, -0.25) is 4.90 Å². The maximum absolute atomic E-state index is 13.4. The normalized spacial score (nSPS) is 14.7. The third kappa shape index (κ3) is 8.18. The van der Waals surface area contributed by atoms with E-state index in [9.17, 15) is 43.5 Å². The second-order valence-electron chi connectivity index (χ2n) is 8.90. The molecule has 1 saturated heterocycles. The van der Waals surface area contributed by atoms with Crippen LogP contribution in [0.25, 0.3) is 0 Å². The maximum atomic E-state index is 13.4. The molecule has 0 unspecified atom stereocenters. The highest BCUT2D eigenvalue weighted by Gasteiger charge is 2.34. The number of benzene rings is 3. The predicted molar refractivity (Wildman–Crippen MR) is 127 cm³/mol. The predicted octanol–water partition coefficient (Wildman–Crippen LogP) is 6.67. The van der Waals surface area contributed by atoms with Gasteiger partial charge in [0, 0.05) is 24.6 Å². The summed E-state index contributed by atoms with van der Waals surface area (Å²) in [7, 11) is -3.92. The van der Waals surface area contributed by atoms with Crippen LogP contribution in [-0.4, -0.2) is 39.1 Å². The van der Waals surface area contributed by atoms with E-state index in [1.165, 1.54) is 24.3 Å². The average molecular weight is 593 g/mol. The van der Waals surface area contributed by atoms with Crippen LogP contribution in [0.3, 0.4) is 0 Å². The Morgan fingerprint density at radius 2 is 1.18 bits per heavy atom. The molecule has 14 heteroatoms. The monoisotopic (exact) mass is 593 g/mol. The molecule has 0 bridgehead atoms. The number of halogens is 8. The summed E-state index contributed by atoms with van der Waals surface area (Å²) in [6.07, 6.45) is -9.82. The van der Waals surface area contributed by atoms with Crippen LogP contribution in [0.2, 0.25) is 0 Å². The van der Waals surface area contributed by atoms with Crippen molar-refractivity contribution in [1.82, 2.24) is 4.90 Å². The number of alkyl halides is 6. The van der Waals surface area contributed by atoms with Crippen LogP contribution in [0.15, 0.2) is 77.7 Å². The molecule has 1 fully saturated rings. The van der Waals surface area contributed by atoms with Crippen LogP contribution < -0.4 is 9.47 Å². The number of ether oxygens (including phenoxy) is 2. The highest BCUT2D eigenvalue weighted by Crippen LogP contribution is 2.37. The minimum absolute atomic E-state index is 0.0780. The Labute approximate surface area is 223 Å². The van der Waals surface area contributed by atoms with Gasteiger partial charge in [-0.1, -0.05) is 24.3 Å². The molecule has 1 heterocycles. The van der Waals surface area contributed by atoms with Crippen LogP contribution in [0.5, 0.6) is 11.5 Å². The molecule has 214 valence electrons. The maximum Gasteiger partial charge on any atom is 0.573 e. The molecule has 0 amide bonds. The third-order valence-corrected chi connectivity index (χ3v) is 7.10. The Balaban J connectivity index is 1.56. The molecule has 0 spiro atoms. The van der Waals surface area contributed by atoms with Gasteiger partial charge in [0.25, 0.3) is 0 Å². The van der Waals surface area contributed by atoms with Crippen molar-refractivity contribution in [3.8, 4) is 11.5 Å². The Hall–Kier alpha value is -3.65. The van der Waals surface area contributed by atoms with Gasteiger partial charge in [0.15, 0.2) is 9.84 Å². The smallest absolute Gasteiger partial charge is 0.406 e. The van der Waals surface area contributed by atoms with E-state index in [0.29, 0.717) is 22.8 Å². The molecule has 5 nitrogen and oxygen atoms in total. The average Bonchev–Trinajstić information content (AvgIpc) is 2.76. The van der Waals surface area contributed by atoms with Gasteiger partial charge in [-0.05, 0) is 58.7 Å². The van der Waals surface area contributed by atoms with Crippen molar-refractivity contribution in [1.29, 1.82) is 0 Å². The number of hydrogen-bond acceptors (Lipinski definition) is 5. The fourth-order valence-corrected chi connectivity index (χ4v) is 5.64. The molecule has 0 atom stereocenters. The second-order valence-corrected chi connectivity index (χ2v) is 10.8. The van der Waals surface area contributed by atoms with Gasteiger partial charge in [0.2, 0.25) is 0 Å². The zero-order valence-electron chi connectivity index (χ0n) is 20.1. The first-order valence-corrected chi connectivity index (χ1v) is 13.1. The molecule has 0 N–H and O–H groups in total. The number of likely N-dealkylation sites (tertiary alicyclic amines) is 1. The molecular weight excluding hydrogens is 574 g/mol. The van der Waals surface area contributed by atoms with Crippen LogP contribution >= 0.6 is 0 Å². The molecule has 1 aliphatic heterocycles. The minimum atomic E-state index is -4.91. The summed E-state index contributed by atoms with van der Waals surface area (Å²) in [6, 6.07) is 11.5. The standard InChI is InChI=1S/C26H19F8NO4S/c27-20-9-16(10-21(28)11-20)14-40(36,37)15-17-12-35(13-17)24(18-1-5-22(6-2-18)38-25(29,30)31)19-3-7-23(8-4-19)39-26(32,33)34/h1-11,15,24H,12-14H2. The minimum Gasteiger partial charge on any atom is -0.406 e. The van der Waals surface area contributed by atoms with Gasteiger partial charge in [-0.2, -0.15) is 0 Å². The number of rotatable bonds is 8. The molecule has 3 aromatic carbocycles. The van der Waals surface area contributed by atoms with Gasteiger partial charge in [-0.15, -0.1) is 26.3 Å². The van der Waals surface area contributed by atoms with Gasteiger partial charge < -0.3 is 9.47 Å². The lowest BCUT2D eigenvalue weighted by molar-refractivity contribution is -0.275. The number of sulfone groups is 1. The Bertz CT molecular complexity index is 1400. The molecule has 0 aromatic heterocycles. The van der Waals surface area contributed by atoms with Crippen molar-refractivity contribution >= 4 is 9.84 Å². The Kier molecular flexibility index (Phi) is 8.13. The first-order valence-electron chi connectivity index (χ1n) is 11.4. The molecule has 3 aromatic rings. The zero-order chi connectivity index (χ0) is 29.3. The number of hydrogen-bond donors (Lipinski definition) is 0. The summed E-state index contributed by atoms with van der Waals surface area (Å²) in [5.74, 6) is -3.45. The lowest BCUT2D eigenvalue weighted by Gasteiger charge is -2.41. The van der Waals surface area contributed by atoms with Gasteiger partial charge >= 0.3 is 12.7 Å². The summed E-state index contributed by atoms with van der Waals surface area (Å²) in [4.78, 5) is 1.74. The van der Waals surface area contributed by atoms with E-state index in [4.69, 9.17) is 0 Å². The quantitative estimate of drug-likeness (QED) is 0.274. The third-order valence-electron chi connectivity index (χ3n) is 5.67. The molecule has 40 heavy (non-hydrogen) atoms. The van der Waals surface area contributed by atoms with Crippen molar-refractivity contribution in [2.75, 3.05) is 13.1 Å². The fraction of sp³-hybridized carbons (Fsp3) is 0.231. The van der Waals surface area contributed by atoms with Crippen LogP contribution in [0.4, 0.5) is 35.1 Å². The first-order chi connectivity index (χ1) is 18.6. The summed E-state index contributed by atoms with van der Waals surface area (Å²) in [5, 5.41) is 0.990. The van der Waals surface area contributed by atoms with Crippen molar-refractivity contribution in [3.63, 3.8) is 0 Å². The van der Waals surface area contributed by atoms with E-state index in [1.807, 2.05) is 0 Å². The van der Waals surface area contributed by atoms with Crippen molar-refractivity contribution in [2.45, 2.75) is 24.5 Å². The molecular formula is C26H19F8NO4S. The first kappa shape index (κ1) is 29.3. The summed E-state index contributed by atoms with van der Waals surface area (Å²) in [6.45, 7) is 0.173. The van der Waals surface area contributed by atoms with Crippen LogP contribution in [0.1, 0.15) is 22.7 Å². The highest BCUT2D eigenvalue weighted by molar-refractivity contribution is 7.93. The van der Waals surface area contributed by atoms with Gasteiger partial charge in [0.1, 0.15) is 23.1 Å². The van der Waals surface area contributed by atoms with Gasteiger partial charge in [-0.25, -0.2) is 17.2 Å². The van der Waals surface area contributed by atoms with E-state index >= 15 is 0 Å². The zero-order valence-corrected chi connectivity index (χ0v) is 21.0. The topological polar surface area (TPSA) is 55.8 Å². The van der Waals surface area contributed by atoms with Crippen LogP contribution in [-0.2, 0) is 15.6 Å². The summed E-state index contributed by atoms with van der Waals surface area (Å²) in [5.41, 5.74) is 1.27. The van der Waals surface area contributed by atoms with Gasteiger partial charge in [0.05, 0.1) is 11.8 Å². The summed E-state index contributed by atoms with van der Waals surface area (Å²) >= 11 is 0. The largest absolute Gasteiger partial charge is 0.573 e. The Morgan fingerprint density at radius 3 is 1.57 bits per heavy atom. The van der Waals surface area contributed by atoms with E-state index in [-0.39, 0.29) is 18.7 Å². The highest BCUT2D eigenvalue weighted by atomic mass is 32.2. The molecule has 1 aliphatic rings. The van der Waals surface area contributed by atoms with Crippen molar-refractivity contribution in [3.05, 3.63) is 106 Å². The van der Waals surface area contributed by atoms with Crippen LogP contribution in [0, 0.1) is 11.6 Å². The second kappa shape index (κ2) is 11.1. The fourth-order valence-electron chi connectivity index (χ4n) is 4.27. The van der Waals surface area contributed by atoms with E-state index in [0.717, 1.165) is 41.8 Å². The molecule has 4 rings (SSSR count). The molecule has 0 radical (unpaired) electrons. The van der Waals surface area contributed by atoms with Crippen molar-refractivity contribution < 1.29 is 53.0 Å². The molecule has 0 saturated carbocycles. The van der Waals surface area contributed by atoms with E-state index in [2.05, 4.69) is 9.47 Å². The van der Waals surface area contributed by atoms with Crippen molar-refractivity contribution in [2.24, 2.45) is 0 Å². The Morgan fingerprint density at radius 1 is 0.750 bits per heavy atom. The summed E-state index contributed by atoms with van der Waals surface area (Å²) < 4.78 is 135. The van der Waals surface area contributed by atoms with E-state index in [1.54, 1.807) is 4.90 Å². The SMILES string of the molecule is O=S(=O)(C=C1CN(C(c2ccc(OC(F)(F)F)cc2)c2ccc(OC(F)(F)F)cc2)C1)Cc1cc(F)cc(F)c1. The lowest BCUT2D eigenvalue weighted by atomic mass is 9.93. The molecule has 0 aliphatic carbocycles. The number of nitrogens with zero attached hydrogens (tertiary/aromatic N) is 1. The lowest BCUT2D eigenvalue weighted by Crippen LogP contribution is -2.43. The van der Waals surface area contributed by atoms with E-state index < -0.39 is 57.5 Å².